The Morgan fingerprint density at radius 2 is 1.77 bits per heavy atom. The molecule has 0 aromatic heterocycles. The number of halogens is 2. The van der Waals surface area contributed by atoms with Gasteiger partial charge in [0.15, 0.2) is 0 Å². The molecule has 4 nitrogen and oxygen atoms in total. The van der Waals surface area contributed by atoms with E-state index in [0.29, 0.717) is 6.42 Å². The molecule has 0 heterocycles. The number of aliphatic carboxylic acids is 1. The van der Waals surface area contributed by atoms with Crippen molar-refractivity contribution < 1.29 is 14.3 Å². The molecule has 1 aromatic rings. The lowest BCUT2D eigenvalue weighted by Gasteiger charge is -2.37. The minimum absolute atomic E-state index is 0.128. The second kappa shape index (κ2) is 7.35. The summed E-state index contributed by atoms with van der Waals surface area (Å²) in [5, 5.41) is 9.06. The summed E-state index contributed by atoms with van der Waals surface area (Å²) >= 11 is 4.50. The number of hydrogen-bond donors (Lipinski definition) is 2. The van der Waals surface area contributed by atoms with Crippen LogP contribution in [0.25, 0.3) is 0 Å². The van der Waals surface area contributed by atoms with Gasteiger partial charge in [-0.25, -0.2) is 0 Å². The molecule has 0 aliphatic rings. The van der Waals surface area contributed by atoms with Crippen LogP contribution >= 0.6 is 45.2 Å². The van der Waals surface area contributed by atoms with Crippen LogP contribution < -0.4 is 10.2 Å². The van der Waals surface area contributed by atoms with Gasteiger partial charge < -0.3 is 15.3 Å². The van der Waals surface area contributed by atoms with E-state index in [0.717, 1.165) is 18.5 Å². The summed E-state index contributed by atoms with van der Waals surface area (Å²) in [7, 11) is -1.90. The van der Waals surface area contributed by atoms with Crippen molar-refractivity contribution in [1.29, 1.82) is 0 Å². The molecule has 0 saturated carbocycles. The summed E-state index contributed by atoms with van der Waals surface area (Å²) < 4.78 is 8.42. The van der Waals surface area contributed by atoms with Crippen molar-refractivity contribution in [1.82, 2.24) is 0 Å². The largest absolute Gasteiger partial charge is 0.542 e. The van der Waals surface area contributed by atoms with E-state index < -0.39 is 20.3 Å². The minimum atomic E-state index is -1.90. The Balaban J connectivity index is 3.08. The number of carboxylic acid groups (broad SMARTS) is 1. The SMILES string of the molecule is CC(C)(C)[Si](C)(C)Oc1c(I)cc(C[C@@H](N)C(=O)O)cc1I. The first-order valence-electron chi connectivity index (χ1n) is 7.00. The summed E-state index contributed by atoms with van der Waals surface area (Å²) in [4.78, 5) is 10.9. The zero-order chi connectivity index (χ0) is 17.3. The molecule has 22 heavy (non-hydrogen) atoms. The van der Waals surface area contributed by atoms with Crippen LogP contribution in [0.4, 0.5) is 0 Å². The van der Waals surface area contributed by atoms with Gasteiger partial charge in [0.05, 0.1) is 7.14 Å². The lowest BCUT2D eigenvalue weighted by molar-refractivity contribution is -0.138. The van der Waals surface area contributed by atoms with Gasteiger partial charge in [-0.2, -0.15) is 0 Å². The van der Waals surface area contributed by atoms with Crippen molar-refractivity contribution in [2.75, 3.05) is 0 Å². The van der Waals surface area contributed by atoms with Gasteiger partial charge >= 0.3 is 5.97 Å². The Morgan fingerprint density at radius 1 is 1.32 bits per heavy atom. The van der Waals surface area contributed by atoms with Crippen LogP contribution in [0.5, 0.6) is 5.75 Å². The van der Waals surface area contributed by atoms with E-state index in [2.05, 4.69) is 79.0 Å². The predicted octanol–water partition coefficient (Wildman–Crippen LogP) is 4.23. The Labute approximate surface area is 160 Å². The standard InChI is InChI=1S/C15H23I2NO3Si/c1-15(2,3)22(4,5)21-13-10(16)6-9(7-11(13)17)8-12(18)14(19)20/h6-7,12H,8,18H2,1-5H3,(H,19,20)/t12-/m1/s1. The maximum Gasteiger partial charge on any atom is 0.320 e. The third-order valence-corrected chi connectivity index (χ3v) is 9.92. The van der Waals surface area contributed by atoms with Crippen LogP contribution in [0.15, 0.2) is 12.1 Å². The number of rotatable bonds is 5. The molecule has 0 fully saturated rings. The van der Waals surface area contributed by atoms with Crippen molar-refractivity contribution in [3.05, 3.63) is 24.8 Å². The lowest BCUT2D eigenvalue weighted by Crippen LogP contribution is -2.44. The fourth-order valence-electron chi connectivity index (χ4n) is 1.58. The first-order valence-corrected chi connectivity index (χ1v) is 12.1. The van der Waals surface area contributed by atoms with Gasteiger partial charge in [-0.1, -0.05) is 20.8 Å². The number of benzene rings is 1. The van der Waals surface area contributed by atoms with Gasteiger partial charge in [0.2, 0.25) is 0 Å². The normalized spacial score (nSPS) is 13.8. The maximum atomic E-state index is 10.9. The molecule has 0 spiro atoms. The molecule has 0 amide bonds. The number of carboxylic acids is 1. The molecule has 1 aromatic carbocycles. The van der Waals surface area contributed by atoms with Crippen molar-refractivity contribution in [2.24, 2.45) is 5.73 Å². The third-order valence-electron chi connectivity index (χ3n) is 3.99. The van der Waals surface area contributed by atoms with Gasteiger partial charge in [-0.3, -0.25) is 4.79 Å². The Morgan fingerprint density at radius 3 is 2.14 bits per heavy atom. The zero-order valence-electron chi connectivity index (χ0n) is 13.5. The van der Waals surface area contributed by atoms with E-state index >= 15 is 0 Å². The van der Waals surface area contributed by atoms with Crippen molar-refractivity contribution in [2.45, 2.75) is 51.4 Å². The molecule has 1 atom stereocenters. The molecule has 7 heteroatoms. The summed E-state index contributed by atoms with van der Waals surface area (Å²) in [6.45, 7) is 11.1. The first-order chi connectivity index (χ1) is 9.85. The molecule has 0 saturated heterocycles. The van der Waals surface area contributed by atoms with Crippen LogP contribution in [-0.2, 0) is 11.2 Å². The topological polar surface area (TPSA) is 72.5 Å². The van der Waals surface area contributed by atoms with Gasteiger partial charge in [0, 0.05) is 0 Å². The average molecular weight is 547 g/mol. The van der Waals surface area contributed by atoms with E-state index in [1.807, 2.05) is 12.1 Å². The quantitative estimate of drug-likeness (QED) is 0.428. The van der Waals surface area contributed by atoms with Crippen LogP contribution in [0, 0.1) is 7.14 Å². The van der Waals surface area contributed by atoms with E-state index in [1.165, 1.54) is 0 Å². The van der Waals surface area contributed by atoms with Crippen LogP contribution in [0.1, 0.15) is 26.3 Å². The smallest absolute Gasteiger partial charge is 0.320 e. The van der Waals surface area contributed by atoms with E-state index in [-0.39, 0.29) is 5.04 Å². The third kappa shape index (κ3) is 5.07. The Hall–Kier alpha value is 0.127. The highest BCUT2D eigenvalue weighted by Gasteiger charge is 2.39. The Kier molecular flexibility index (Phi) is 6.74. The van der Waals surface area contributed by atoms with Crippen LogP contribution in [0.3, 0.4) is 0 Å². The second-order valence-electron chi connectivity index (χ2n) is 6.90. The molecule has 1 rings (SSSR count). The molecule has 0 bridgehead atoms. The first kappa shape index (κ1) is 20.2. The summed E-state index contributed by atoms with van der Waals surface area (Å²) in [5.74, 6) is -0.0768. The fraction of sp³-hybridized carbons (Fsp3) is 0.533. The van der Waals surface area contributed by atoms with E-state index in [1.54, 1.807) is 0 Å². The highest BCUT2D eigenvalue weighted by molar-refractivity contribution is 14.1. The summed E-state index contributed by atoms with van der Waals surface area (Å²) in [6, 6.07) is 3.06. The summed E-state index contributed by atoms with van der Waals surface area (Å²) in [5.41, 5.74) is 6.54. The predicted molar refractivity (Wildman–Crippen MR) is 109 cm³/mol. The second-order valence-corrected chi connectivity index (χ2v) is 13.9. The lowest BCUT2D eigenvalue weighted by atomic mass is 10.1. The van der Waals surface area contributed by atoms with E-state index in [9.17, 15) is 4.79 Å². The zero-order valence-corrected chi connectivity index (χ0v) is 18.9. The molecule has 3 N–H and O–H groups in total. The minimum Gasteiger partial charge on any atom is -0.542 e. The van der Waals surface area contributed by atoms with Gasteiger partial charge in [0.25, 0.3) is 8.32 Å². The Bertz CT molecular complexity index is 547. The molecule has 0 aliphatic carbocycles. The number of carbonyl (C=O) groups is 1. The molecule has 124 valence electrons. The monoisotopic (exact) mass is 547 g/mol. The number of hydrogen-bond acceptors (Lipinski definition) is 3. The molecule has 0 unspecified atom stereocenters. The highest BCUT2D eigenvalue weighted by atomic mass is 127. The molecule has 0 radical (unpaired) electrons. The summed E-state index contributed by atoms with van der Waals surface area (Å²) in [6.07, 6.45) is 0.321. The van der Waals surface area contributed by atoms with Gasteiger partial charge in [-0.15, -0.1) is 0 Å². The average Bonchev–Trinajstić information content (AvgIpc) is 2.32. The van der Waals surface area contributed by atoms with Crippen LogP contribution in [0.2, 0.25) is 18.1 Å². The number of nitrogens with two attached hydrogens (primary N) is 1. The van der Waals surface area contributed by atoms with Gasteiger partial charge in [-0.05, 0) is 87.4 Å². The van der Waals surface area contributed by atoms with Crippen molar-refractivity contribution >= 4 is 59.5 Å². The van der Waals surface area contributed by atoms with Crippen LogP contribution in [-0.4, -0.2) is 25.4 Å². The van der Waals surface area contributed by atoms with E-state index in [4.69, 9.17) is 15.3 Å². The van der Waals surface area contributed by atoms with Crippen molar-refractivity contribution in [3.8, 4) is 5.75 Å². The molecular formula is C15H23I2NO3Si. The van der Waals surface area contributed by atoms with Crippen molar-refractivity contribution in [3.63, 3.8) is 0 Å². The molecular weight excluding hydrogens is 524 g/mol. The highest BCUT2D eigenvalue weighted by Crippen LogP contribution is 2.40. The van der Waals surface area contributed by atoms with Gasteiger partial charge in [0.1, 0.15) is 11.8 Å². The maximum absolute atomic E-state index is 10.9. The molecule has 0 aliphatic heterocycles. The fourth-order valence-corrected chi connectivity index (χ4v) is 5.15.